The van der Waals surface area contributed by atoms with Crippen LogP contribution in [-0.2, 0) is 0 Å². The van der Waals surface area contributed by atoms with E-state index in [0.29, 0.717) is 22.7 Å². The molecule has 0 aliphatic heterocycles. The molecule has 1 radical (unpaired) electrons. The summed E-state index contributed by atoms with van der Waals surface area (Å²) in [6.45, 7) is 0. The minimum Gasteiger partial charge on any atom is -0.435 e. The molecular formula is C15H8N3OS. The number of fused-ring (bicyclic) bond motifs is 1. The average molecular weight is 278 g/mol. The molecule has 4 rings (SSSR count). The summed E-state index contributed by atoms with van der Waals surface area (Å²) < 4.78 is 5.70. The van der Waals surface area contributed by atoms with E-state index in [0.717, 1.165) is 11.3 Å². The van der Waals surface area contributed by atoms with Crippen LogP contribution < -0.4 is 0 Å². The Morgan fingerprint density at radius 3 is 2.85 bits per heavy atom. The van der Waals surface area contributed by atoms with Gasteiger partial charge in [-0.1, -0.05) is 6.07 Å². The molecule has 95 valence electrons. The van der Waals surface area contributed by atoms with Gasteiger partial charge in [0, 0.05) is 23.2 Å². The van der Waals surface area contributed by atoms with Crippen molar-refractivity contribution in [2.75, 3.05) is 0 Å². The SMILES string of the molecule is [c]1c(-c2cscn2)ccc2oc(-c3ccccn3)nc12. The Bertz CT molecular complexity index is 853. The summed E-state index contributed by atoms with van der Waals surface area (Å²) in [6.07, 6.45) is 1.72. The highest BCUT2D eigenvalue weighted by Gasteiger charge is 2.10. The van der Waals surface area contributed by atoms with E-state index in [-0.39, 0.29) is 0 Å². The Balaban J connectivity index is 1.84. The van der Waals surface area contributed by atoms with Crippen LogP contribution in [0.5, 0.6) is 0 Å². The molecule has 0 fully saturated rings. The molecule has 0 saturated carbocycles. The Labute approximate surface area is 118 Å². The van der Waals surface area contributed by atoms with Gasteiger partial charge < -0.3 is 4.42 Å². The zero-order valence-corrected chi connectivity index (χ0v) is 11.1. The van der Waals surface area contributed by atoms with E-state index in [1.165, 1.54) is 0 Å². The van der Waals surface area contributed by atoms with Crippen molar-refractivity contribution in [3.63, 3.8) is 0 Å². The third kappa shape index (κ3) is 1.88. The van der Waals surface area contributed by atoms with E-state index in [1.54, 1.807) is 23.0 Å². The van der Waals surface area contributed by atoms with Crippen molar-refractivity contribution in [1.29, 1.82) is 0 Å². The number of benzene rings is 1. The van der Waals surface area contributed by atoms with Crippen LogP contribution in [0, 0.1) is 6.07 Å². The molecule has 0 aliphatic rings. The van der Waals surface area contributed by atoms with Crippen molar-refractivity contribution in [1.82, 2.24) is 15.0 Å². The minimum absolute atomic E-state index is 0.507. The highest BCUT2D eigenvalue weighted by molar-refractivity contribution is 7.07. The fraction of sp³-hybridized carbons (Fsp3) is 0. The number of rotatable bonds is 2. The van der Waals surface area contributed by atoms with Crippen LogP contribution in [-0.4, -0.2) is 15.0 Å². The smallest absolute Gasteiger partial charge is 0.246 e. The molecule has 0 N–H and O–H groups in total. The largest absolute Gasteiger partial charge is 0.435 e. The van der Waals surface area contributed by atoms with Crippen LogP contribution in [0.25, 0.3) is 33.9 Å². The summed E-state index contributed by atoms with van der Waals surface area (Å²) in [4.78, 5) is 13.0. The first-order chi connectivity index (χ1) is 9.90. The zero-order valence-electron chi connectivity index (χ0n) is 10.3. The lowest BCUT2D eigenvalue weighted by atomic mass is 10.1. The van der Waals surface area contributed by atoms with Crippen molar-refractivity contribution >= 4 is 22.4 Å². The van der Waals surface area contributed by atoms with Crippen LogP contribution in [0.4, 0.5) is 0 Å². The third-order valence-corrected chi connectivity index (χ3v) is 3.49. The summed E-state index contributed by atoms with van der Waals surface area (Å²) >= 11 is 1.56. The van der Waals surface area contributed by atoms with E-state index >= 15 is 0 Å². The molecule has 0 unspecified atom stereocenters. The van der Waals surface area contributed by atoms with Crippen molar-refractivity contribution in [3.8, 4) is 22.8 Å². The first-order valence-electron chi connectivity index (χ1n) is 6.03. The highest BCUT2D eigenvalue weighted by Crippen LogP contribution is 2.26. The molecule has 3 heterocycles. The standard InChI is InChI=1S/C15H8N3OS/c1-2-6-16-11(3-1)15-18-12-7-10(4-5-14(12)19-15)13-8-20-9-17-13/h1-6,8-9H. The van der Waals surface area contributed by atoms with Crippen molar-refractivity contribution < 1.29 is 4.42 Å². The molecule has 0 bridgehead atoms. The quantitative estimate of drug-likeness (QED) is 0.559. The maximum absolute atomic E-state index is 5.70. The van der Waals surface area contributed by atoms with Crippen LogP contribution >= 0.6 is 11.3 Å². The topological polar surface area (TPSA) is 51.8 Å². The molecule has 3 aromatic heterocycles. The van der Waals surface area contributed by atoms with Crippen LogP contribution in [0.15, 0.2) is 51.8 Å². The number of thiazole rings is 1. The zero-order chi connectivity index (χ0) is 13.4. The van der Waals surface area contributed by atoms with Gasteiger partial charge in [0.1, 0.15) is 11.2 Å². The molecule has 0 amide bonds. The maximum atomic E-state index is 5.70. The fourth-order valence-electron chi connectivity index (χ4n) is 1.96. The Hall–Kier alpha value is -2.53. The predicted molar refractivity (Wildman–Crippen MR) is 77.2 cm³/mol. The van der Waals surface area contributed by atoms with E-state index < -0.39 is 0 Å². The van der Waals surface area contributed by atoms with Crippen molar-refractivity contribution in [2.45, 2.75) is 0 Å². The molecule has 0 atom stereocenters. The van der Waals surface area contributed by atoms with Crippen molar-refractivity contribution in [2.24, 2.45) is 0 Å². The van der Waals surface area contributed by atoms with Gasteiger partial charge in [0.25, 0.3) is 0 Å². The second-order valence-electron chi connectivity index (χ2n) is 4.19. The summed E-state index contributed by atoms with van der Waals surface area (Å²) in [5, 5.41) is 1.98. The summed E-state index contributed by atoms with van der Waals surface area (Å²) in [5.74, 6) is 0.507. The highest BCUT2D eigenvalue weighted by atomic mass is 32.1. The van der Waals surface area contributed by atoms with Gasteiger partial charge in [-0.15, -0.1) is 11.3 Å². The van der Waals surface area contributed by atoms with Gasteiger partial charge in [-0.05, 0) is 24.3 Å². The van der Waals surface area contributed by atoms with Crippen LogP contribution in [0.3, 0.4) is 0 Å². The molecular weight excluding hydrogens is 270 g/mol. The number of hydrogen-bond donors (Lipinski definition) is 0. The van der Waals surface area contributed by atoms with E-state index in [2.05, 4.69) is 21.0 Å². The molecule has 0 spiro atoms. The third-order valence-electron chi connectivity index (χ3n) is 2.90. The number of oxazole rings is 1. The van der Waals surface area contributed by atoms with Gasteiger partial charge in [-0.25, -0.2) is 9.97 Å². The molecule has 1 aromatic carbocycles. The molecule has 0 aliphatic carbocycles. The molecule has 5 heteroatoms. The van der Waals surface area contributed by atoms with Crippen LogP contribution in [0.2, 0.25) is 0 Å². The summed E-state index contributed by atoms with van der Waals surface area (Å²) in [7, 11) is 0. The maximum Gasteiger partial charge on any atom is 0.246 e. The summed E-state index contributed by atoms with van der Waals surface area (Å²) in [6, 6.07) is 12.7. The normalized spacial score (nSPS) is 11.0. The second kappa shape index (κ2) is 4.54. The number of aromatic nitrogens is 3. The average Bonchev–Trinajstić information content (AvgIpc) is 3.16. The predicted octanol–water partition coefficient (Wildman–Crippen LogP) is 3.81. The minimum atomic E-state index is 0.507. The van der Waals surface area contributed by atoms with Crippen molar-refractivity contribution in [3.05, 3.63) is 53.5 Å². The Kier molecular flexibility index (Phi) is 2.57. The van der Waals surface area contributed by atoms with E-state index in [1.807, 2.05) is 35.7 Å². The lowest BCUT2D eigenvalue weighted by Gasteiger charge is -1.93. The van der Waals surface area contributed by atoms with E-state index in [9.17, 15) is 0 Å². The number of pyridine rings is 1. The van der Waals surface area contributed by atoms with Gasteiger partial charge in [-0.2, -0.15) is 0 Å². The van der Waals surface area contributed by atoms with E-state index in [4.69, 9.17) is 4.42 Å². The van der Waals surface area contributed by atoms with Gasteiger partial charge >= 0.3 is 0 Å². The Morgan fingerprint density at radius 2 is 2.05 bits per heavy atom. The molecule has 0 saturated heterocycles. The Morgan fingerprint density at radius 1 is 1.05 bits per heavy atom. The van der Waals surface area contributed by atoms with Gasteiger partial charge in [0.15, 0.2) is 5.58 Å². The van der Waals surface area contributed by atoms with Gasteiger partial charge in [-0.3, -0.25) is 4.98 Å². The first kappa shape index (κ1) is 11.3. The van der Waals surface area contributed by atoms with Gasteiger partial charge in [0.2, 0.25) is 5.89 Å². The summed E-state index contributed by atoms with van der Waals surface area (Å²) in [5.41, 5.74) is 5.72. The molecule has 20 heavy (non-hydrogen) atoms. The monoisotopic (exact) mass is 278 g/mol. The molecule has 4 aromatic rings. The number of hydrogen-bond acceptors (Lipinski definition) is 5. The lowest BCUT2D eigenvalue weighted by molar-refractivity contribution is 0.617. The van der Waals surface area contributed by atoms with Crippen LogP contribution in [0.1, 0.15) is 0 Å². The lowest BCUT2D eigenvalue weighted by Crippen LogP contribution is -1.81. The molecule has 4 nitrogen and oxygen atoms in total. The van der Waals surface area contributed by atoms with Gasteiger partial charge in [0.05, 0.1) is 11.2 Å². The first-order valence-corrected chi connectivity index (χ1v) is 6.97. The fourth-order valence-corrected chi connectivity index (χ4v) is 2.51. The second-order valence-corrected chi connectivity index (χ2v) is 4.91. The number of nitrogens with zero attached hydrogens (tertiary/aromatic N) is 3.